The molecular formula is C15H21N3S. The zero-order valence-corrected chi connectivity index (χ0v) is 12.6. The van der Waals surface area contributed by atoms with Gasteiger partial charge in [0.05, 0.1) is 29.7 Å². The highest BCUT2D eigenvalue weighted by atomic mass is 32.1. The van der Waals surface area contributed by atoms with E-state index in [-0.39, 0.29) is 6.04 Å². The first-order chi connectivity index (χ1) is 9.22. The summed E-state index contributed by atoms with van der Waals surface area (Å²) in [5, 5.41) is 3.58. The smallest absolute Gasteiger partial charge is 0.0915 e. The first-order valence-corrected chi connectivity index (χ1v) is 7.51. The van der Waals surface area contributed by atoms with E-state index in [1.807, 2.05) is 6.20 Å². The van der Waals surface area contributed by atoms with Crippen LogP contribution in [0.4, 0.5) is 0 Å². The van der Waals surface area contributed by atoms with Crippen LogP contribution in [0.2, 0.25) is 0 Å². The lowest BCUT2D eigenvalue weighted by Crippen LogP contribution is -2.25. The fourth-order valence-corrected chi connectivity index (χ4v) is 2.77. The van der Waals surface area contributed by atoms with Crippen LogP contribution in [0.3, 0.4) is 0 Å². The van der Waals surface area contributed by atoms with Crippen molar-refractivity contribution in [2.75, 3.05) is 6.54 Å². The molecule has 1 atom stereocenters. The van der Waals surface area contributed by atoms with Crippen molar-refractivity contribution >= 4 is 11.7 Å². The Hall–Kier alpha value is -1.26. The van der Waals surface area contributed by atoms with Crippen molar-refractivity contribution in [1.82, 2.24) is 14.1 Å². The number of hydrogen-bond donors (Lipinski definition) is 1. The third-order valence-corrected chi connectivity index (χ3v) is 3.92. The number of nitrogens with zero attached hydrogens (tertiary/aromatic N) is 2. The molecule has 4 heteroatoms. The minimum Gasteiger partial charge on any atom is -0.308 e. The second kappa shape index (κ2) is 6.78. The molecule has 0 radical (unpaired) electrons. The molecule has 0 amide bonds. The summed E-state index contributed by atoms with van der Waals surface area (Å²) in [7, 11) is 0. The van der Waals surface area contributed by atoms with Crippen LogP contribution >= 0.6 is 11.7 Å². The molecule has 2 aromatic rings. The third-order valence-electron chi connectivity index (χ3n) is 3.43. The SMILES string of the molecule is CCCNC(Cc1c(C)cccc1C)c1cnsn1. The van der Waals surface area contributed by atoms with Crippen molar-refractivity contribution < 1.29 is 0 Å². The lowest BCUT2D eigenvalue weighted by atomic mass is 9.95. The van der Waals surface area contributed by atoms with Crippen molar-refractivity contribution in [3.05, 3.63) is 46.8 Å². The van der Waals surface area contributed by atoms with E-state index >= 15 is 0 Å². The Morgan fingerprint density at radius 3 is 2.58 bits per heavy atom. The van der Waals surface area contributed by atoms with E-state index in [0.29, 0.717) is 0 Å². The van der Waals surface area contributed by atoms with Crippen molar-refractivity contribution in [2.45, 2.75) is 39.7 Å². The fraction of sp³-hybridized carbons (Fsp3) is 0.467. The minimum atomic E-state index is 0.262. The van der Waals surface area contributed by atoms with Gasteiger partial charge in [-0.25, -0.2) is 0 Å². The quantitative estimate of drug-likeness (QED) is 0.877. The molecule has 0 fully saturated rings. The zero-order chi connectivity index (χ0) is 13.7. The van der Waals surface area contributed by atoms with Crippen molar-refractivity contribution in [1.29, 1.82) is 0 Å². The van der Waals surface area contributed by atoms with Gasteiger partial charge in [-0.1, -0.05) is 25.1 Å². The Balaban J connectivity index is 2.20. The molecule has 1 N–H and O–H groups in total. The normalized spacial score (nSPS) is 12.6. The molecule has 1 unspecified atom stereocenters. The third kappa shape index (κ3) is 3.61. The van der Waals surface area contributed by atoms with Gasteiger partial charge in [0.25, 0.3) is 0 Å². The number of aryl methyl sites for hydroxylation is 2. The van der Waals surface area contributed by atoms with Crippen LogP contribution in [0.1, 0.15) is 41.8 Å². The average molecular weight is 275 g/mol. The molecule has 19 heavy (non-hydrogen) atoms. The summed E-state index contributed by atoms with van der Waals surface area (Å²) in [5.74, 6) is 0. The summed E-state index contributed by atoms with van der Waals surface area (Å²) in [6.07, 6.45) is 3.98. The maximum atomic E-state index is 4.39. The summed E-state index contributed by atoms with van der Waals surface area (Å²) in [5.41, 5.74) is 5.18. The average Bonchev–Trinajstić information content (AvgIpc) is 2.91. The fourth-order valence-electron chi connectivity index (χ4n) is 2.30. The van der Waals surface area contributed by atoms with E-state index in [0.717, 1.165) is 25.1 Å². The molecule has 0 aliphatic rings. The second-order valence-corrected chi connectivity index (χ2v) is 5.47. The number of aromatic nitrogens is 2. The Labute approximate surface area is 119 Å². The Kier molecular flexibility index (Phi) is 5.05. The van der Waals surface area contributed by atoms with Crippen molar-refractivity contribution in [3.63, 3.8) is 0 Å². The predicted molar refractivity (Wildman–Crippen MR) is 80.6 cm³/mol. The maximum Gasteiger partial charge on any atom is 0.0915 e. The monoisotopic (exact) mass is 275 g/mol. The molecule has 1 aromatic carbocycles. The molecule has 0 saturated carbocycles. The molecule has 0 aliphatic carbocycles. The van der Waals surface area contributed by atoms with Crippen LogP contribution in [0, 0.1) is 13.8 Å². The number of hydrogen-bond acceptors (Lipinski definition) is 4. The molecular weight excluding hydrogens is 254 g/mol. The molecule has 1 heterocycles. The first kappa shape index (κ1) is 14.2. The van der Waals surface area contributed by atoms with Gasteiger partial charge >= 0.3 is 0 Å². The van der Waals surface area contributed by atoms with Crippen molar-refractivity contribution in [2.24, 2.45) is 0 Å². The lowest BCUT2D eigenvalue weighted by molar-refractivity contribution is 0.519. The molecule has 0 bridgehead atoms. The van der Waals surface area contributed by atoms with Gasteiger partial charge in [0, 0.05) is 0 Å². The van der Waals surface area contributed by atoms with Crippen molar-refractivity contribution in [3.8, 4) is 0 Å². The molecule has 2 rings (SSSR count). The molecule has 0 saturated heterocycles. The summed E-state index contributed by atoms with van der Waals surface area (Å²) in [6, 6.07) is 6.74. The van der Waals surface area contributed by atoms with Gasteiger partial charge < -0.3 is 5.32 Å². The highest BCUT2D eigenvalue weighted by Crippen LogP contribution is 2.22. The molecule has 102 valence electrons. The number of benzene rings is 1. The van der Waals surface area contributed by atoms with Crippen LogP contribution in [-0.2, 0) is 6.42 Å². The second-order valence-electron chi connectivity index (χ2n) is 4.91. The zero-order valence-electron chi connectivity index (χ0n) is 11.8. The highest BCUT2D eigenvalue weighted by Gasteiger charge is 2.16. The molecule has 0 aliphatic heterocycles. The number of rotatable bonds is 6. The Bertz CT molecular complexity index is 488. The molecule has 1 aromatic heterocycles. The van der Waals surface area contributed by atoms with E-state index < -0.39 is 0 Å². The lowest BCUT2D eigenvalue weighted by Gasteiger charge is -2.19. The van der Waals surface area contributed by atoms with E-state index in [1.165, 1.54) is 28.4 Å². The van der Waals surface area contributed by atoms with Crippen LogP contribution in [0.5, 0.6) is 0 Å². The predicted octanol–water partition coefficient (Wildman–Crippen LogP) is 3.44. The van der Waals surface area contributed by atoms with E-state index in [2.05, 4.69) is 53.0 Å². The molecule has 3 nitrogen and oxygen atoms in total. The standard InChI is InChI=1S/C15H21N3S/c1-4-8-16-14(15-10-17-19-18-15)9-13-11(2)6-5-7-12(13)3/h5-7,10,14,16H,4,8-9H2,1-3H3. The molecule has 0 spiro atoms. The van der Waals surface area contributed by atoms with Gasteiger partial charge in [-0.2, -0.15) is 8.75 Å². The van der Waals surface area contributed by atoms with Gasteiger partial charge in [0.15, 0.2) is 0 Å². The Morgan fingerprint density at radius 2 is 2.00 bits per heavy atom. The van der Waals surface area contributed by atoms with Gasteiger partial charge in [-0.15, -0.1) is 0 Å². The van der Waals surface area contributed by atoms with Crippen LogP contribution in [-0.4, -0.2) is 15.3 Å². The van der Waals surface area contributed by atoms with Crippen LogP contribution in [0.15, 0.2) is 24.4 Å². The van der Waals surface area contributed by atoms with E-state index in [9.17, 15) is 0 Å². The summed E-state index contributed by atoms with van der Waals surface area (Å²) in [6.45, 7) is 7.55. The maximum absolute atomic E-state index is 4.39. The summed E-state index contributed by atoms with van der Waals surface area (Å²) >= 11 is 1.28. The van der Waals surface area contributed by atoms with Gasteiger partial charge in [0.2, 0.25) is 0 Å². The van der Waals surface area contributed by atoms with Crippen LogP contribution < -0.4 is 5.32 Å². The minimum absolute atomic E-state index is 0.262. The topological polar surface area (TPSA) is 37.8 Å². The van der Waals surface area contributed by atoms with E-state index in [4.69, 9.17) is 0 Å². The number of nitrogens with one attached hydrogen (secondary N) is 1. The Morgan fingerprint density at radius 1 is 1.26 bits per heavy atom. The van der Waals surface area contributed by atoms with Gasteiger partial charge in [-0.05, 0) is 49.9 Å². The van der Waals surface area contributed by atoms with Gasteiger partial charge in [0.1, 0.15) is 0 Å². The largest absolute Gasteiger partial charge is 0.308 e. The highest BCUT2D eigenvalue weighted by molar-refractivity contribution is 6.99. The van der Waals surface area contributed by atoms with E-state index in [1.54, 1.807) is 0 Å². The first-order valence-electron chi connectivity index (χ1n) is 6.78. The van der Waals surface area contributed by atoms with Gasteiger partial charge in [-0.3, -0.25) is 0 Å². The summed E-state index contributed by atoms with van der Waals surface area (Å²) < 4.78 is 8.52. The van der Waals surface area contributed by atoms with Crippen LogP contribution in [0.25, 0.3) is 0 Å². The summed E-state index contributed by atoms with van der Waals surface area (Å²) in [4.78, 5) is 0.